The van der Waals surface area contributed by atoms with E-state index in [0.29, 0.717) is 12.2 Å². The lowest BCUT2D eigenvalue weighted by atomic mass is 10.0. The molecule has 1 aliphatic rings. The van der Waals surface area contributed by atoms with E-state index in [-0.39, 0.29) is 28.9 Å². The number of piperidine rings is 1. The second kappa shape index (κ2) is 9.59. The number of alkyl halides is 3. The SMILES string of the molecule is C[C@@H]1CCCCN1Cc1c(C(=O)N/N=C/c2cccc(C(F)(F)F)c2)nnn1-c1nonc1N. The zero-order valence-electron chi connectivity index (χ0n) is 18.2. The van der Waals surface area contributed by atoms with Crippen LogP contribution in [0.4, 0.5) is 19.0 Å². The van der Waals surface area contributed by atoms with Crippen LogP contribution >= 0.6 is 0 Å². The number of benzene rings is 1. The van der Waals surface area contributed by atoms with Gasteiger partial charge in [-0.1, -0.05) is 23.8 Å². The van der Waals surface area contributed by atoms with Gasteiger partial charge in [0.05, 0.1) is 17.5 Å². The minimum Gasteiger partial charge on any atom is -0.378 e. The molecule has 0 radical (unpaired) electrons. The molecule has 0 unspecified atom stereocenters. The molecule has 2 aromatic heterocycles. The van der Waals surface area contributed by atoms with Crippen LogP contribution in [0.5, 0.6) is 0 Å². The third-order valence-electron chi connectivity index (χ3n) is 5.56. The van der Waals surface area contributed by atoms with Gasteiger partial charge >= 0.3 is 6.18 Å². The average Bonchev–Trinajstić information content (AvgIpc) is 3.40. The van der Waals surface area contributed by atoms with E-state index in [2.05, 4.69) is 47.6 Å². The summed E-state index contributed by atoms with van der Waals surface area (Å²) >= 11 is 0. The summed E-state index contributed by atoms with van der Waals surface area (Å²) in [4.78, 5) is 15.0. The molecule has 1 saturated heterocycles. The smallest absolute Gasteiger partial charge is 0.378 e. The highest BCUT2D eigenvalue weighted by Gasteiger charge is 2.30. The standard InChI is InChI=1S/C20H22F3N9O2/c1-12-5-2-3-8-31(12)11-15-16(26-30-32(15)18-17(24)28-34-29-18)19(33)27-25-10-13-6-4-7-14(9-13)20(21,22)23/h4,6-7,9-10,12H,2-3,5,8,11H2,1H3,(H2,24,28)(H,27,33)/b25-10+/t12-/m1/s1. The number of nitrogen functional groups attached to an aromatic ring is 1. The molecule has 0 saturated carbocycles. The predicted octanol–water partition coefficient (Wildman–Crippen LogP) is 2.39. The number of hydrazone groups is 1. The van der Waals surface area contributed by atoms with Crippen molar-refractivity contribution in [3.63, 3.8) is 0 Å². The Morgan fingerprint density at radius 2 is 2.18 bits per heavy atom. The molecular formula is C20H22F3N9O2. The number of hydrogen-bond donors (Lipinski definition) is 2. The van der Waals surface area contributed by atoms with E-state index in [1.807, 2.05) is 0 Å². The Morgan fingerprint density at radius 1 is 1.35 bits per heavy atom. The first kappa shape index (κ1) is 23.4. The average molecular weight is 477 g/mol. The Morgan fingerprint density at radius 3 is 2.88 bits per heavy atom. The number of carbonyl (C=O) groups is 1. The van der Waals surface area contributed by atoms with Gasteiger partial charge < -0.3 is 5.73 Å². The second-order valence-corrected chi connectivity index (χ2v) is 7.91. The second-order valence-electron chi connectivity index (χ2n) is 7.91. The van der Waals surface area contributed by atoms with Crippen LogP contribution in [-0.2, 0) is 12.7 Å². The summed E-state index contributed by atoms with van der Waals surface area (Å²) in [5, 5.41) is 19.0. The number of hydrogen-bond acceptors (Lipinski definition) is 9. The highest BCUT2D eigenvalue weighted by atomic mass is 19.4. The Balaban J connectivity index is 1.57. The maximum absolute atomic E-state index is 12.9. The number of anilines is 1. The molecule has 3 aromatic rings. The largest absolute Gasteiger partial charge is 0.416 e. The summed E-state index contributed by atoms with van der Waals surface area (Å²) in [6.45, 7) is 3.26. The molecule has 4 rings (SSSR count). The molecule has 1 fully saturated rings. The number of aromatic nitrogens is 5. The van der Waals surface area contributed by atoms with Crippen LogP contribution in [-0.4, -0.2) is 54.9 Å². The van der Waals surface area contributed by atoms with Crippen LogP contribution in [0.15, 0.2) is 34.0 Å². The third-order valence-corrected chi connectivity index (χ3v) is 5.56. The normalized spacial score (nSPS) is 17.4. The molecule has 0 bridgehead atoms. The van der Waals surface area contributed by atoms with Crippen molar-refractivity contribution in [2.45, 2.75) is 44.9 Å². The van der Waals surface area contributed by atoms with Crippen molar-refractivity contribution in [3.8, 4) is 5.82 Å². The number of rotatable bonds is 6. The number of nitrogens with one attached hydrogen (secondary N) is 1. The summed E-state index contributed by atoms with van der Waals surface area (Å²) in [7, 11) is 0. The molecule has 3 heterocycles. The molecule has 3 N–H and O–H groups in total. The minimum absolute atomic E-state index is 0.0210. The zero-order chi connectivity index (χ0) is 24.3. The van der Waals surface area contributed by atoms with Gasteiger partial charge in [0.2, 0.25) is 11.6 Å². The first-order chi connectivity index (χ1) is 16.2. The van der Waals surface area contributed by atoms with Crippen LogP contribution in [0, 0.1) is 0 Å². The van der Waals surface area contributed by atoms with Gasteiger partial charge in [-0.25, -0.2) is 10.1 Å². The molecule has 1 amide bonds. The lowest BCUT2D eigenvalue weighted by Gasteiger charge is -2.33. The number of halogens is 3. The van der Waals surface area contributed by atoms with Crippen molar-refractivity contribution in [2.24, 2.45) is 5.10 Å². The van der Waals surface area contributed by atoms with Crippen molar-refractivity contribution in [1.29, 1.82) is 0 Å². The van der Waals surface area contributed by atoms with E-state index in [4.69, 9.17) is 5.73 Å². The summed E-state index contributed by atoms with van der Waals surface area (Å²) in [5.74, 6) is -0.616. The van der Waals surface area contributed by atoms with Gasteiger partial charge in [-0.05, 0) is 54.3 Å². The zero-order valence-corrected chi connectivity index (χ0v) is 18.2. The highest BCUT2D eigenvalue weighted by Crippen LogP contribution is 2.29. The fraction of sp³-hybridized carbons (Fsp3) is 0.400. The van der Waals surface area contributed by atoms with E-state index in [0.717, 1.165) is 44.2 Å². The minimum atomic E-state index is -4.48. The molecular weight excluding hydrogens is 455 g/mol. The number of amides is 1. The first-order valence-corrected chi connectivity index (χ1v) is 10.5. The van der Waals surface area contributed by atoms with E-state index in [1.54, 1.807) is 0 Å². The van der Waals surface area contributed by atoms with Crippen molar-refractivity contribution in [3.05, 3.63) is 46.8 Å². The molecule has 0 spiro atoms. The van der Waals surface area contributed by atoms with Gasteiger partial charge in [0.15, 0.2) is 5.69 Å². The van der Waals surface area contributed by atoms with Crippen molar-refractivity contribution in [2.75, 3.05) is 12.3 Å². The molecule has 1 aromatic carbocycles. The Labute approximate surface area is 191 Å². The first-order valence-electron chi connectivity index (χ1n) is 10.5. The quantitative estimate of drug-likeness (QED) is 0.407. The van der Waals surface area contributed by atoms with Crippen LogP contribution in [0.2, 0.25) is 0 Å². The lowest BCUT2D eigenvalue weighted by Crippen LogP contribution is -2.38. The van der Waals surface area contributed by atoms with E-state index >= 15 is 0 Å². The predicted molar refractivity (Wildman–Crippen MR) is 114 cm³/mol. The maximum Gasteiger partial charge on any atom is 0.416 e. The monoisotopic (exact) mass is 477 g/mol. The molecule has 11 nitrogen and oxygen atoms in total. The number of carbonyl (C=O) groups excluding carboxylic acids is 1. The Bertz CT molecular complexity index is 1190. The maximum atomic E-state index is 12.9. The molecule has 180 valence electrons. The number of nitrogens with zero attached hydrogens (tertiary/aromatic N) is 7. The third kappa shape index (κ3) is 5.06. The fourth-order valence-electron chi connectivity index (χ4n) is 3.73. The Kier molecular flexibility index (Phi) is 6.58. The van der Waals surface area contributed by atoms with Crippen LogP contribution < -0.4 is 11.2 Å². The fourth-order valence-corrected chi connectivity index (χ4v) is 3.73. The van der Waals surface area contributed by atoms with E-state index in [9.17, 15) is 18.0 Å². The molecule has 1 atom stereocenters. The van der Waals surface area contributed by atoms with E-state index in [1.165, 1.54) is 16.8 Å². The van der Waals surface area contributed by atoms with Crippen LogP contribution in [0.1, 0.15) is 53.5 Å². The van der Waals surface area contributed by atoms with Gasteiger partial charge in [0, 0.05) is 12.6 Å². The van der Waals surface area contributed by atoms with Crippen molar-refractivity contribution in [1.82, 2.24) is 35.6 Å². The molecule has 0 aliphatic carbocycles. The van der Waals surface area contributed by atoms with Crippen LogP contribution in [0.3, 0.4) is 0 Å². The Hall–Kier alpha value is -3.81. The summed E-state index contributed by atoms with van der Waals surface area (Å²) in [6.07, 6.45) is -0.221. The van der Waals surface area contributed by atoms with Gasteiger partial charge in [-0.2, -0.15) is 23.0 Å². The van der Waals surface area contributed by atoms with Gasteiger partial charge in [0.1, 0.15) is 0 Å². The van der Waals surface area contributed by atoms with E-state index < -0.39 is 17.6 Å². The van der Waals surface area contributed by atoms with Crippen molar-refractivity contribution < 1.29 is 22.6 Å². The highest BCUT2D eigenvalue weighted by molar-refractivity contribution is 5.94. The number of likely N-dealkylation sites (tertiary alicyclic amines) is 1. The van der Waals surface area contributed by atoms with Gasteiger partial charge in [-0.15, -0.1) is 5.10 Å². The summed E-state index contributed by atoms with van der Waals surface area (Å²) in [5.41, 5.74) is 7.82. The van der Waals surface area contributed by atoms with Gasteiger partial charge in [-0.3, -0.25) is 9.69 Å². The topological polar surface area (TPSA) is 140 Å². The molecule has 1 aliphatic heterocycles. The number of nitrogens with two attached hydrogens (primary N) is 1. The summed E-state index contributed by atoms with van der Waals surface area (Å²) < 4.78 is 44.6. The lowest BCUT2D eigenvalue weighted by molar-refractivity contribution is -0.137. The van der Waals surface area contributed by atoms with Gasteiger partial charge in [0.25, 0.3) is 5.91 Å². The summed E-state index contributed by atoms with van der Waals surface area (Å²) in [6, 6.07) is 4.85. The van der Waals surface area contributed by atoms with Crippen LogP contribution in [0.25, 0.3) is 5.82 Å². The molecule has 34 heavy (non-hydrogen) atoms. The van der Waals surface area contributed by atoms with Crippen molar-refractivity contribution >= 4 is 17.9 Å². The molecule has 14 heteroatoms.